The zero-order chi connectivity index (χ0) is 21.7. The molecule has 0 radical (unpaired) electrons. The lowest BCUT2D eigenvalue weighted by Crippen LogP contribution is -2.01. The Morgan fingerprint density at radius 1 is 0.483 bits per heavy atom. The van der Waals surface area contributed by atoms with Crippen molar-refractivity contribution < 1.29 is 15.3 Å². The summed E-state index contributed by atoms with van der Waals surface area (Å²) in [5, 5.41) is 30.9. The van der Waals surface area contributed by atoms with E-state index in [1.165, 1.54) is 0 Å². The van der Waals surface area contributed by atoms with Gasteiger partial charge in [-0.2, -0.15) is 0 Å². The van der Waals surface area contributed by atoms with Crippen molar-refractivity contribution in [1.29, 1.82) is 0 Å². The summed E-state index contributed by atoms with van der Waals surface area (Å²) >= 11 is 0. The van der Waals surface area contributed by atoms with Gasteiger partial charge in [-0.05, 0) is 111 Å². The Labute approximate surface area is 178 Å². The van der Waals surface area contributed by atoms with E-state index in [4.69, 9.17) is 10.7 Å². The summed E-state index contributed by atoms with van der Waals surface area (Å²) in [6.07, 6.45) is 0. The van der Waals surface area contributed by atoms with Crippen molar-refractivity contribution >= 4 is 19.9 Å². The first-order valence-corrected chi connectivity index (χ1v) is 11.9. The summed E-state index contributed by atoms with van der Waals surface area (Å²) in [4.78, 5) is 2.71. The summed E-state index contributed by atoms with van der Waals surface area (Å²) in [7, 11) is 5.32. The fourth-order valence-corrected chi connectivity index (χ4v) is 7.30. The molecule has 3 aromatic carbocycles. The van der Waals surface area contributed by atoms with E-state index in [1.54, 1.807) is 0 Å². The van der Waals surface area contributed by atoms with Crippen molar-refractivity contribution in [3.8, 4) is 17.2 Å². The number of hydrogen-bond acceptors (Lipinski definition) is 3. The van der Waals surface area contributed by atoms with Crippen molar-refractivity contribution in [3.63, 3.8) is 0 Å². The summed E-state index contributed by atoms with van der Waals surface area (Å²) in [6, 6.07) is 11.6. The first-order chi connectivity index (χ1) is 13.5. The van der Waals surface area contributed by atoms with Crippen LogP contribution in [0.1, 0.15) is 33.4 Å². The largest absolute Gasteiger partial charge is 0.507 e. The van der Waals surface area contributed by atoms with Crippen LogP contribution in [0.2, 0.25) is 0 Å². The van der Waals surface area contributed by atoms with Gasteiger partial charge in [0.05, 0.1) is 0 Å². The lowest BCUT2D eigenvalue weighted by molar-refractivity contribution is 0.466. The second-order valence-corrected chi connectivity index (χ2v) is 11.6. The topological polar surface area (TPSA) is 60.7 Å². The Bertz CT molecular complexity index is 913. The second kappa shape index (κ2) is 7.51. The molecule has 3 rings (SSSR count). The third kappa shape index (κ3) is 3.56. The van der Waals surface area contributed by atoms with Gasteiger partial charge in [-0.3, -0.25) is 0 Å². The maximum absolute atomic E-state index is 10.3. The van der Waals surface area contributed by atoms with E-state index in [0.29, 0.717) is 0 Å². The molecule has 5 heteroatoms. The highest BCUT2D eigenvalue weighted by atomic mass is 35.7. The Kier molecular flexibility index (Phi) is 5.54. The van der Waals surface area contributed by atoms with Gasteiger partial charge in [-0.1, -0.05) is 19.9 Å². The number of halogens is 1. The quantitative estimate of drug-likeness (QED) is 0.415. The molecular formula is C24H27ClO3S. The van der Waals surface area contributed by atoms with E-state index < -0.39 is 9.24 Å². The highest BCUT2D eigenvalue weighted by Crippen LogP contribution is 2.73. The normalized spacial score (nSPS) is 12.2. The first kappa shape index (κ1) is 21.4. The van der Waals surface area contributed by atoms with Crippen molar-refractivity contribution in [2.45, 2.75) is 56.2 Å². The SMILES string of the molecule is Cc1cc(S(Cl)(c2cc(C)c(O)c(C)c2)c2cc(C)c(O)c(C)c2)cc(C)c1O. The molecule has 0 atom stereocenters. The van der Waals surface area contributed by atoms with Crippen LogP contribution in [0.5, 0.6) is 17.2 Å². The number of phenolic OH excluding ortho intramolecular Hbond substituents is 3. The molecule has 29 heavy (non-hydrogen) atoms. The molecule has 3 N–H and O–H groups in total. The smallest absolute Gasteiger partial charge is 0.121 e. The zero-order valence-corrected chi connectivity index (χ0v) is 19.2. The van der Waals surface area contributed by atoms with Gasteiger partial charge in [0.1, 0.15) is 17.2 Å². The lowest BCUT2D eigenvalue weighted by atomic mass is 10.1. The molecule has 0 spiro atoms. The molecule has 0 amide bonds. The lowest BCUT2D eigenvalue weighted by Gasteiger charge is -2.36. The van der Waals surface area contributed by atoms with E-state index in [-0.39, 0.29) is 17.2 Å². The van der Waals surface area contributed by atoms with Crippen LogP contribution in [0.15, 0.2) is 51.1 Å². The standard InChI is InChI=1S/C24H27ClO3S/c1-13-7-19(8-14(2)22(13)26)29(25,20-9-15(3)23(27)16(4)10-20)21-11-17(5)24(28)18(6)12-21/h7-12,26-28H,1-6H3. The van der Waals surface area contributed by atoms with Gasteiger partial charge in [-0.25, -0.2) is 0 Å². The highest BCUT2D eigenvalue weighted by molar-refractivity contribution is 8.51. The maximum Gasteiger partial charge on any atom is 0.121 e. The first-order valence-electron chi connectivity index (χ1n) is 9.40. The number of aromatic hydroxyl groups is 3. The van der Waals surface area contributed by atoms with Crippen LogP contribution < -0.4 is 0 Å². The van der Waals surface area contributed by atoms with Gasteiger partial charge >= 0.3 is 0 Å². The molecule has 3 aromatic rings. The maximum atomic E-state index is 10.3. The highest BCUT2D eigenvalue weighted by Gasteiger charge is 2.32. The van der Waals surface area contributed by atoms with Crippen molar-refractivity contribution in [3.05, 3.63) is 69.8 Å². The van der Waals surface area contributed by atoms with Gasteiger partial charge in [-0.15, -0.1) is 0 Å². The van der Waals surface area contributed by atoms with Crippen LogP contribution in [-0.4, -0.2) is 15.3 Å². The number of rotatable bonds is 3. The molecule has 0 bridgehead atoms. The van der Waals surface area contributed by atoms with Crippen LogP contribution in [0, 0.1) is 41.5 Å². The van der Waals surface area contributed by atoms with E-state index in [2.05, 4.69) is 0 Å². The van der Waals surface area contributed by atoms with Crippen LogP contribution in [0.25, 0.3) is 0 Å². The molecule has 0 aliphatic heterocycles. The molecule has 0 aliphatic rings. The number of benzene rings is 3. The summed E-state index contributed by atoms with van der Waals surface area (Å²) in [5.41, 5.74) is 4.57. The average Bonchev–Trinajstić information content (AvgIpc) is 2.66. The molecule has 0 fully saturated rings. The van der Waals surface area contributed by atoms with Gasteiger partial charge in [0.2, 0.25) is 0 Å². The average molecular weight is 431 g/mol. The minimum Gasteiger partial charge on any atom is -0.507 e. The van der Waals surface area contributed by atoms with Gasteiger partial charge < -0.3 is 15.3 Å². The fraction of sp³-hybridized carbons (Fsp3) is 0.250. The van der Waals surface area contributed by atoms with Gasteiger partial charge in [0.25, 0.3) is 0 Å². The molecular weight excluding hydrogens is 404 g/mol. The van der Waals surface area contributed by atoms with Crippen molar-refractivity contribution in [2.24, 2.45) is 0 Å². The molecule has 0 aliphatic carbocycles. The number of aryl methyl sites for hydroxylation is 6. The zero-order valence-electron chi connectivity index (χ0n) is 17.6. The summed E-state index contributed by atoms with van der Waals surface area (Å²) in [6.45, 7) is 11.2. The minimum absolute atomic E-state index is 0.267. The predicted molar refractivity (Wildman–Crippen MR) is 121 cm³/mol. The van der Waals surface area contributed by atoms with Crippen LogP contribution in [0.3, 0.4) is 0 Å². The molecule has 0 saturated heterocycles. The van der Waals surface area contributed by atoms with E-state index >= 15 is 0 Å². The second-order valence-electron chi connectivity index (χ2n) is 7.75. The van der Waals surface area contributed by atoms with Crippen LogP contribution >= 0.6 is 19.9 Å². The molecule has 3 nitrogen and oxygen atoms in total. The molecule has 0 unspecified atom stereocenters. The Balaban J connectivity index is 2.42. The Morgan fingerprint density at radius 3 is 0.828 bits per heavy atom. The number of hydrogen-bond donors (Lipinski definition) is 3. The molecule has 0 heterocycles. The molecule has 0 saturated carbocycles. The summed E-state index contributed by atoms with van der Waals surface area (Å²) in [5.74, 6) is 0.801. The third-order valence-corrected chi connectivity index (χ3v) is 9.63. The van der Waals surface area contributed by atoms with Crippen molar-refractivity contribution in [2.75, 3.05) is 0 Å². The fourth-order valence-electron chi connectivity index (χ4n) is 3.64. The Hall–Kier alpha value is -2.30. The predicted octanol–water partition coefficient (Wildman–Crippen LogP) is 7.09. The van der Waals surface area contributed by atoms with Crippen molar-refractivity contribution in [1.82, 2.24) is 0 Å². The van der Waals surface area contributed by atoms with Gasteiger partial charge in [0, 0.05) is 14.7 Å². The van der Waals surface area contributed by atoms with Crippen LogP contribution in [0.4, 0.5) is 0 Å². The Morgan fingerprint density at radius 2 is 0.655 bits per heavy atom. The monoisotopic (exact) mass is 430 g/mol. The van der Waals surface area contributed by atoms with Gasteiger partial charge in [0.15, 0.2) is 0 Å². The molecule has 0 aromatic heterocycles. The molecule has 154 valence electrons. The third-order valence-electron chi connectivity index (χ3n) is 5.37. The minimum atomic E-state index is -2.22. The van der Waals surface area contributed by atoms with E-state index in [0.717, 1.165) is 48.1 Å². The van der Waals surface area contributed by atoms with E-state index in [1.807, 2.05) is 77.9 Å². The summed E-state index contributed by atoms with van der Waals surface area (Å²) < 4.78 is 0. The number of phenols is 3. The van der Waals surface area contributed by atoms with E-state index in [9.17, 15) is 15.3 Å². The van der Waals surface area contributed by atoms with Crippen LogP contribution in [-0.2, 0) is 0 Å².